The zero-order valence-corrected chi connectivity index (χ0v) is 11.9. The Morgan fingerprint density at radius 3 is 2.72 bits per heavy atom. The molecule has 0 saturated carbocycles. The number of anilines is 1. The highest BCUT2D eigenvalue weighted by Crippen LogP contribution is 2.25. The van der Waals surface area contributed by atoms with Gasteiger partial charge in [-0.1, -0.05) is 25.4 Å². The van der Waals surface area contributed by atoms with Gasteiger partial charge in [0.25, 0.3) is 0 Å². The minimum Gasteiger partial charge on any atom is -0.463 e. The van der Waals surface area contributed by atoms with Gasteiger partial charge in [-0.05, 0) is 25.5 Å². The number of nitrogen functional groups attached to an aromatic ring is 1. The highest BCUT2D eigenvalue weighted by molar-refractivity contribution is 6.33. The van der Waals surface area contributed by atoms with Gasteiger partial charge in [-0.2, -0.15) is 0 Å². The molecule has 1 rings (SSSR count). The first kappa shape index (κ1) is 16.4. The summed E-state index contributed by atoms with van der Waals surface area (Å²) in [5, 5.41) is 0.494. The Morgan fingerprint density at radius 1 is 1.56 bits per heavy atom. The van der Waals surface area contributed by atoms with Gasteiger partial charge < -0.3 is 10.5 Å². The normalized spacial score (nSPS) is 9.83. The van der Waals surface area contributed by atoms with Gasteiger partial charge >= 0.3 is 5.97 Å². The number of esters is 1. The number of aryl methyl sites for hydroxylation is 1. The molecule has 0 bridgehead atoms. The molecule has 0 aromatic carbocycles. The van der Waals surface area contributed by atoms with Crippen molar-refractivity contribution in [2.24, 2.45) is 0 Å². The lowest BCUT2D eigenvalue weighted by Gasteiger charge is -2.04. The maximum Gasteiger partial charge on any atom is 0.330 e. The molecule has 0 unspecified atom stereocenters. The first-order valence-corrected chi connectivity index (χ1v) is 6.19. The fourth-order valence-corrected chi connectivity index (χ4v) is 1.33. The van der Waals surface area contributed by atoms with Crippen molar-refractivity contribution in [1.29, 1.82) is 0 Å². The van der Waals surface area contributed by atoms with Crippen molar-refractivity contribution in [2.45, 2.75) is 27.7 Å². The van der Waals surface area contributed by atoms with Crippen molar-refractivity contribution >= 4 is 29.5 Å². The molecule has 0 amide bonds. The van der Waals surface area contributed by atoms with Crippen LogP contribution in [0.2, 0.25) is 5.02 Å². The van der Waals surface area contributed by atoms with Gasteiger partial charge in [0.2, 0.25) is 0 Å². The second-order valence-corrected chi connectivity index (χ2v) is 3.52. The predicted octanol–water partition coefficient (Wildman–Crippen LogP) is 3.23. The van der Waals surface area contributed by atoms with E-state index >= 15 is 0 Å². The van der Waals surface area contributed by atoms with Gasteiger partial charge in [0, 0.05) is 17.8 Å². The summed E-state index contributed by atoms with van der Waals surface area (Å²) >= 11 is 6.04. The highest BCUT2D eigenvalue weighted by Gasteiger charge is 2.06. The Hall–Kier alpha value is -1.55. The third-order valence-corrected chi connectivity index (χ3v) is 2.43. The predicted molar refractivity (Wildman–Crippen MR) is 75.4 cm³/mol. The summed E-state index contributed by atoms with van der Waals surface area (Å²) < 4.78 is 4.74. The fraction of sp³-hybridized carbons (Fsp3) is 0.385. The van der Waals surface area contributed by atoms with Crippen molar-refractivity contribution in [1.82, 2.24) is 4.98 Å². The number of nitrogens with zero attached hydrogens (tertiary/aromatic N) is 1. The van der Waals surface area contributed by atoms with Crippen LogP contribution in [0.15, 0.2) is 12.3 Å². The Labute approximate surface area is 113 Å². The summed E-state index contributed by atoms with van der Waals surface area (Å²) in [4.78, 5) is 15.1. The van der Waals surface area contributed by atoms with Crippen molar-refractivity contribution in [2.75, 3.05) is 12.3 Å². The van der Waals surface area contributed by atoms with E-state index in [9.17, 15) is 4.79 Å². The van der Waals surface area contributed by atoms with Crippen LogP contribution in [0, 0.1) is 6.92 Å². The second-order valence-electron chi connectivity index (χ2n) is 3.14. The van der Waals surface area contributed by atoms with Crippen LogP contribution in [0.25, 0.3) is 6.08 Å². The molecule has 0 spiro atoms. The van der Waals surface area contributed by atoms with E-state index in [-0.39, 0.29) is 5.82 Å². The van der Waals surface area contributed by atoms with Gasteiger partial charge in [-0.3, -0.25) is 0 Å². The number of carbonyl (C=O) groups excluding carboxylic acids is 1. The number of halogens is 1. The van der Waals surface area contributed by atoms with E-state index in [0.717, 1.165) is 5.56 Å². The molecule has 0 radical (unpaired) electrons. The zero-order chi connectivity index (χ0) is 14.1. The van der Waals surface area contributed by atoms with Crippen molar-refractivity contribution in [3.05, 3.63) is 28.4 Å². The van der Waals surface area contributed by atoms with Crippen LogP contribution in [0.4, 0.5) is 5.82 Å². The summed E-state index contributed by atoms with van der Waals surface area (Å²) in [7, 11) is 0. The summed E-state index contributed by atoms with van der Waals surface area (Å²) in [5.41, 5.74) is 6.99. The summed E-state index contributed by atoms with van der Waals surface area (Å²) in [6.07, 6.45) is 4.37. The minimum atomic E-state index is -0.431. The van der Waals surface area contributed by atoms with Crippen LogP contribution in [0.5, 0.6) is 0 Å². The molecule has 2 N–H and O–H groups in total. The van der Waals surface area contributed by atoms with Gasteiger partial charge in [0.15, 0.2) is 0 Å². The first-order chi connectivity index (χ1) is 8.56. The molecule has 0 saturated heterocycles. The molecule has 100 valence electrons. The van der Waals surface area contributed by atoms with E-state index in [0.29, 0.717) is 17.2 Å². The Kier molecular flexibility index (Phi) is 7.79. The molecule has 1 heterocycles. The number of rotatable bonds is 3. The Bertz CT molecular complexity index is 431. The molecule has 0 fully saturated rings. The molecular formula is C13H19ClN2O2. The maximum absolute atomic E-state index is 11.1. The van der Waals surface area contributed by atoms with E-state index in [1.165, 1.54) is 12.2 Å². The molecule has 0 aliphatic heterocycles. The third kappa shape index (κ3) is 4.75. The summed E-state index contributed by atoms with van der Waals surface area (Å²) in [6, 6.07) is 0. The third-order valence-electron chi connectivity index (χ3n) is 1.93. The van der Waals surface area contributed by atoms with Crippen LogP contribution in [0.1, 0.15) is 31.9 Å². The van der Waals surface area contributed by atoms with Crippen molar-refractivity contribution < 1.29 is 9.53 Å². The molecule has 1 aromatic heterocycles. The van der Waals surface area contributed by atoms with Crippen LogP contribution in [-0.4, -0.2) is 17.6 Å². The van der Waals surface area contributed by atoms with Crippen molar-refractivity contribution in [3.63, 3.8) is 0 Å². The van der Waals surface area contributed by atoms with E-state index in [1.54, 1.807) is 13.1 Å². The lowest BCUT2D eigenvalue weighted by molar-refractivity contribution is -0.137. The molecule has 0 atom stereocenters. The van der Waals surface area contributed by atoms with Gasteiger partial charge in [0.1, 0.15) is 5.82 Å². The number of aromatic nitrogens is 1. The molecule has 4 nitrogen and oxygen atoms in total. The zero-order valence-electron chi connectivity index (χ0n) is 11.2. The van der Waals surface area contributed by atoms with E-state index in [1.807, 2.05) is 20.8 Å². The largest absolute Gasteiger partial charge is 0.463 e. The van der Waals surface area contributed by atoms with Gasteiger partial charge in [-0.25, -0.2) is 9.78 Å². The number of hydrogen-bond donors (Lipinski definition) is 1. The average Bonchev–Trinajstić information content (AvgIpc) is 2.37. The minimum absolute atomic E-state index is 0.288. The number of pyridine rings is 1. The standard InChI is InChI=1S/C11H13ClN2O2.C2H6/c1-3-16-9(15)5-4-8-10(12)7(2)6-14-11(8)13;1-2/h4-6H,3H2,1-2H3,(H2,13,14);1-2H3/b5-4+;. The SMILES string of the molecule is CC.CCOC(=O)/C=C/c1c(N)ncc(C)c1Cl. The number of carbonyl (C=O) groups is 1. The summed E-state index contributed by atoms with van der Waals surface area (Å²) in [6.45, 7) is 7.89. The van der Waals surface area contributed by atoms with Crippen LogP contribution >= 0.6 is 11.6 Å². The Balaban J connectivity index is 0.00000137. The molecule has 5 heteroatoms. The quantitative estimate of drug-likeness (QED) is 0.676. The monoisotopic (exact) mass is 270 g/mol. The maximum atomic E-state index is 11.1. The number of ether oxygens (including phenoxy) is 1. The summed E-state index contributed by atoms with van der Waals surface area (Å²) in [5.74, 6) is -0.143. The Morgan fingerprint density at radius 2 is 2.17 bits per heavy atom. The van der Waals surface area contributed by atoms with Gasteiger partial charge in [0.05, 0.1) is 11.6 Å². The molecule has 0 aliphatic carbocycles. The highest BCUT2D eigenvalue weighted by atomic mass is 35.5. The molecule has 1 aromatic rings. The van der Waals surface area contributed by atoms with Crippen LogP contribution < -0.4 is 5.73 Å². The van der Waals surface area contributed by atoms with E-state index in [4.69, 9.17) is 22.1 Å². The number of hydrogen-bond acceptors (Lipinski definition) is 4. The average molecular weight is 271 g/mol. The van der Waals surface area contributed by atoms with Crippen molar-refractivity contribution in [3.8, 4) is 0 Å². The van der Waals surface area contributed by atoms with Crippen LogP contribution in [0.3, 0.4) is 0 Å². The lowest BCUT2D eigenvalue weighted by Crippen LogP contribution is -2.00. The van der Waals surface area contributed by atoms with E-state index in [2.05, 4.69) is 4.98 Å². The first-order valence-electron chi connectivity index (χ1n) is 5.81. The molecular weight excluding hydrogens is 252 g/mol. The fourth-order valence-electron chi connectivity index (χ4n) is 1.12. The second kappa shape index (κ2) is 8.53. The molecule has 0 aliphatic rings. The number of nitrogens with two attached hydrogens (primary N) is 1. The van der Waals surface area contributed by atoms with Crippen LogP contribution in [-0.2, 0) is 9.53 Å². The smallest absolute Gasteiger partial charge is 0.330 e. The van der Waals surface area contributed by atoms with Gasteiger partial charge in [-0.15, -0.1) is 0 Å². The topological polar surface area (TPSA) is 65.2 Å². The lowest BCUT2D eigenvalue weighted by atomic mass is 10.2. The molecule has 18 heavy (non-hydrogen) atoms. The van der Waals surface area contributed by atoms with E-state index < -0.39 is 5.97 Å².